The third-order valence-corrected chi connectivity index (χ3v) is 6.66. The largest absolute Gasteiger partial charge is 0.119 e. The summed E-state index contributed by atoms with van der Waals surface area (Å²) in [7, 11) is 1.05. The van der Waals surface area contributed by atoms with E-state index in [2.05, 4.69) is 55.1 Å². The highest BCUT2D eigenvalue weighted by Crippen LogP contribution is 2.40. The van der Waals surface area contributed by atoms with E-state index in [4.69, 9.17) is 0 Å². The molecule has 0 aromatic carbocycles. The third kappa shape index (κ3) is 6.23. The summed E-state index contributed by atoms with van der Waals surface area (Å²) < 4.78 is 0. The zero-order chi connectivity index (χ0) is 13.6. The lowest BCUT2D eigenvalue weighted by atomic mass is 9.77. The first-order valence-electron chi connectivity index (χ1n) is 7.43. The monoisotopic (exact) mass is 258 g/mol. The predicted octanol–water partition coefficient (Wildman–Crippen LogP) is 5.81. The van der Waals surface area contributed by atoms with Crippen molar-refractivity contribution in [1.82, 2.24) is 0 Å². The first-order valence-corrected chi connectivity index (χ1v) is 8.93. The van der Waals surface area contributed by atoms with Gasteiger partial charge in [-0.1, -0.05) is 54.9 Å². The average Bonchev–Trinajstić information content (AvgIpc) is 2.27. The summed E-state index contributed by atoms with van der Waals surface area (Å²) in [5, 5.41) is 0.530. The van der Waals surface area contributed by atoms with Crippen LogP contribution in [0.25, 0.3) is 0 Å². The Morgan fingerprint density at radius 3 is 1.88 bits per heavy atom. The van der Waals surface area contributed by atoms with Crippen molar-refractivity contribution in [3.05, 3.63) is 0 Å². The van der Waals surface area contributed by atoms with Crippen molar-refractivity contribution >= 4 is 8.58 Å². The highest BCUT2D eigenvalue weighted by molar-refractivity contribution is 7.39. The van der Waals surface area contributed by atoms with Crippen molar-refractivity contribution in [3.63, 3.8) is 0 Å². The Bertz CT molecular complexity index is 196. The average molecular weight is 258 g/mol. The fraction of sp³-hybridized carbons (Fsp3) is 1.00. The molecular weight excluding hydrogens is 223 g/mol. The lowest BCUT2D eigenvalue weighted by Crippen LogP contribution is -2.27. The van der Waals surface area contributed by atoms with Crippen LogP contribution in [0.1, 0.15) is 67.7 Å². The van der Waals surface area contributed by atoms with Gasteiger partial charge in [-0.15, -0.1) is 8.58 Å². The number of rotatable bonds is 8. The van der Waals surface area contributed by atoms with E-state index in [1.54, 1.807) is 0 Å². The van der Waals surface area contributed by atoms with Crippen molar-refractivity contribution in [2.75, 3.05) is 6.66 Å². The molecular formula is C16H35P. The van der Waals surface area contributed by atoms with E-state index in [-0.39, 0.29) is 0 Å². The van der Waals surface area contributed by atoms with Crippen molar-refractivity contribution < 1.29 is 0 Å². The topological polar surface area (TPSA) is 0 Å². The van der Waals surface area contributed by atoms with Crippen LogP contribution in [0.5, 0.6) is 0 Å². The van der Waals surface area contributed by atoms with Crippen molar-refractivity contribution in [2.45, 2.75) is 72.9 Å². The van der Waals surface area contributed by atoms with Crippen LogP contribution in [0.2, 0.25) is 0 Å². The van der Waals surface area contributed by atoms with E-state index in [1.807, 2.05) is 0 Å². The van der Waals surface area contributed by atoms with Gasteiger partial charge in [0.05, 0.1) is 0 Å². The second-order valence-electron chi connectivity index (χ2n) is 6.86. The maximum atomic E-state index is 2.46. The fourth-order valence-corrected chi connectivity index (χ4v) is 2.93. The van der Waals surface area contributed by atoms with E-state index < -0.39 is 0 Å². The van der Waals surface area contributed by atoms with Crippen LogP contribution in [0.4, 0.5) is 0 Å². The zero-order valence-electron chi connectivity index (χ0n) is 13.4. The van der Waals surface area contributed by atoms with Gasteiger partial charge < -0.3 is 0 Å². The Labute approximate surface area is 112 Å². The molecule has 0 bridgehead atoms. The molecule has 0 aromatic heterocycles. The van der Waals surface area contributed by atoms with Crippen molar-refractivity contribution in [1.29, 1.82) is 0 Å². The smallest absolute Gasteiger partial charge is 0.0155 e. The van der Waals surface area contributed by atoms with Crippen LogP contribution in [0, 0.1) is 23.7 Å². The maximum Gasteiger partial charge on any atom is -0.0155 e. The van der Waals surface area contributed by atoms with Gasteiger partial charge in [0.2, 0.25) is 0 Å². The van der Waals surface area contributed by atoms with Crippen molar-refractivity contribution in [3.8, 4) is 0 Å². The van der Waals surface area contributed by atoms with Gasteiger partial charge in [-0.3, -0.25) is 0 Å². The molecule has 0 heterocycles. The third-order valence-electron chi connectivity index (χ3n) is 4.88. The second kappa shape index (κ2) is 7.78. The Morgan fingerprint density at radius 2 is 1.53 bits per heavy atom. The number of hydrogen-bond acceptors (Lipinski definition) is 0. The van der Waals surface area contributed by atoms with E-state index in [9.17, 15) is 0 Å². The zero-order valence-corrected chi connectivity index (χ0v) is 14.4. The van der Waals surface area contributed by atoms with E-state index in [1.165, 1.54) is 19.3 Å². The molecule has 0 saturated carbocycles. The Balaban J connectivity index is 4.44. The summed E-state index contributed by atoms with van der Waals surface area (Å²) in [6.07, 6.45) is 4.16. The lowest BCUT2D eigenvalue weighted by molar-refractivity contribution is 0.235. The minimum absolute atomic E-state index is 0.530. The molecule has 0 aliphatic carbocycles. The van der Waals surface area contributed by atoms with Crippen LogP contribution < -0.4 is 0 Å². The first kappa shape index (κ1) is 17.4. The maximum absolute atomic E-state index is 2.46. The van der Waals surface area contributed by atoms with Crippen LogP contribution in [-0.4, -0.2) is 11.8 Å². The Morgan fingerprint density at radius 1 is 1.00 bits per heavy atom. The molecule has 0 aromatic rings. The van der Waals surface area contributed by atoms with E-state index >= 15 is 0 Å². The molecule has 4 unspecified atom stereocenters. The molecule has 1 heteroatoms. The molecule has 0 aliphatic rings. The molecule has 4 atom stereocenters. The quantitative estimate of drug-likeness (QED) is 0.482. The lowest BCUT2D eigenvalue weighted by Gasteiger charge is -2.35. The number of hydrogen-bond donors (Lipinski definition) is 0. The van der Waals surface area contributed by atoms with E-state index in [0.29, 0.717) is 5.16 Å². The summed E-state index contributed by atoms with van der Waals surface area (Å²) in [6, 6.07) is 0. The normalized spacial score (nSPS) is 18.9. The van der Waals surface area contributed by atoms with E-state index in [0.717, 1.165) is 32.3 Å². The van der Waals surface area contributed by atoms with Gasteiger partial charge >= 0.3 is 0 Å². The van der Waals surface area contributed by atoms with Gasteiger partial charge in [0.1, 0.15) is 0 Å². The molecule has 17 heavy (non-hydrogen) atoms. The molecule has 0 amide bonds. The van der Waals surface area contributed by atoms with Gasteiger partial charge in [0.15, 0.2) is 0 Å². The molecule has 0 N–H and O–H groups in total. The van der Waals surface area contributed by atoms with Crippen LogP contribution >= 0.6 is 8.58 Å². The summed E-state index contributed by atoms with van der Waals surface area (Å²) in [5.41, 5.74) is 0. The van der Waals surface area contributed by atoms with Gasteiger partial charge in [0.25, 0.3) is 0 Å². The first-order chi connectivity index (χ1) is 7.74. The summed E-state index contributed by atoms with van der Waals surface area (Å²) >= 11 is 0. The van der Waals surface area contributed by atoms with Crippen LogP contribution in [0.15, 0.2) is 0 Å². The van der Waals surface area contributed by atoms with Gasteiger partial charge in [-0.25, -0.2) is 0 Å². The predicted molar refractivity (Wildman–Crippen MR) is 84.5 cm³/mol. The Hall–Kier alpha value is 0.430. The minimum Gasteiger partial charge on any atom is -0.119 e. The standard InChI is InChI=1S/C16H35P/c1-9-13(4)10-15(12(2)3)11-14(5)16(6,7)17-8/h12-15,17H,9-11H2,1-8H3. The highest BCUT2D eigenvalue weighted by atomic mass is 31.1. The SMILES string of the molecule is CCC(C)CC(CC(C)C(C)(C)PC)C(C)C. The molecule has 0 fully saturated rings. The molecule has 0 rings (SSSR count). The van der Waals surface area contributed by atoms with Gasteiger partial charge in [-0.2, -0.15) is 0 Å². The molecule has 0 spiro atoms. The summed E-state index contributed by atoms with van der Waals surface area (Å²) in [5.74, 6) is 3.49. The molecule has 0 saturated heterocycles. The molecule has 104 valence electrons. The summed E-state index contributed by atoms with van der Waals surface area (Å²) in [6.45, 7) is 19.2. The van der Waals surface area contributed by atoms with Crippen LogP contribution in [0.3, 0.4) is 0 Å². The molecule has 0 nitrogen and oxygen atoms in total. The molecule has 0 radical (unpaired) electrons. The Kier molecular flexibility index (Phi) is 7.97. The highest BCUT2D eigenvalue weighted by Gasteiger charge is 2.28. The summed E-state index contributed by atoms with van der Waals surface area (Å²) in [4.78, 5) is 0. The minimum atomic E-state index is 0.530. The van der Waals surface area contributed by atoms with Gasteiger partial charge in [0, 0.05) is 0 Å². The van der Waals surface area contributed by atoms with Crippen LogP contribution in [-0.2, 0) is 0 Å². The van der Waals surface area contributed by atoms with Gasteiger partial charge in [-0.05, 0) is 48.3 Å². The second-order valence-corrected chi connectivity index (χ2v) is 8.65. The van der Waals surface area contributed by atoms with Crippen molar-refractivity contribution in [2.24, 2.45) is 23.7 Å². The molecule has 0 aliphatic heterocycles. The fourth-order valence-electron chi connectivity index (χ4n) is 2.32.